The second-order valence-electron chi connectivity index (χ2n) is 2.03. The van der Waals surface area contributed by atoms with Gasteiger partial charge in [0.25, 0.3) is 0 Å². The second-order valence-corrected chi connectivity index (χ2v) is 6.17. The van der Waals surface area contributed by atoms with Gasteiger partial charge in [0.1, 0.15) is 0 Å². The van der Waals surface area contributed by atoms with Crippen LogP contribution in [0.5, 0.6) is 0 Å². The molecular formula is C5H10O3PRbS2. The Kier molecular flexibility index (Phi) is 11.8. The van der Waals surface area contributed by atoms with Crippen molar-refractivity contribution in [3.05, 3.63) is 5.94 Å². The van der Waals surface area contributed by atoms with E-state index in [1.165, 1.54) is 26.4 Å². The quantitative estimate of drug-likeness (QED) is 0.392. The van der Waals surface area contributed by atoms with Gasteiger partial charge in [-0.15, -0.1) is 5.94 Å². The molecule has 66 valence electrons. The number of rotatable bonds is 3. The number of hydrogen-bond donors (Lipinski definition) is 0. The topological polar surface area (TPSA) is 35.5 Å². The van der Waals surface area contributed by atoms with Crippen LogP contribution in [0.2, 0.25) is 0 Å². The molecule has 0 N–H and O–H groups in total. The van der Waals surface area contributed by atoms with Crippen molar-refractivity contribution in [3.8, 4) is 0 Å². The Morgan fingerprint density at radius 1 is 1.58 bits per heavy atom. The Hall–Kier alpha value is 2.24. The molecular weight excluding hydrogens is 289 g/mol. The molecule has 0 saturated carbocycles. The van der Waals surface area contributed by atoms with E-state index in [-0.39, 0.29) is 58.2 Å². The summed E-state index contributed by atoms with van der Waals surface area (Å²) in [5, 5.41) is 0. The fraction of sp³-hybridized carbons (Fsp3) is 0.600. The van der Waals surface area contributed by atoms with E-state index in [1.54, 1.807) is 0 Å². The Labute approximate surface area is 132 Å². The van der Waals surface area contributed by atoms with Gasteiger partial charge in [0.2, 0.25) is 0 Å². The molecule has 0 spiro atoms. The van der Waals surface area contributed by atoms with Crippen molar-refractivity contribution in [2.24, 2.45) is 0 Å². The number of hydrogen-bond acceptors (Lipinski definition) is 5. The molecule has 0 saturated heterocycles. The largest absolute Gasteiger partial charge is 1.00 e. The molecule has 0 rings (SSSR count). The summed E-state index contributed by atoms with van der Waals surface area (Å²) in [6, 6.07) is 0. The molecule has 0 unspecified atom stereocenters. The van der Waals surface area contributed by atoms with Gasteiger partial charge in [-0.05, 0) is 12.2 Å². The number of methoxy groups -OCH3 is 1. The summed E-state index contributed by atoms with van der Waals surface area (Å²) in [6.07, 6.45) is 0. The van der Waals surface area contributed by atoms with Crippen molar-refractivity contribution in [1.82, 2.24) is 0 Å². The van der Waals surface area contributed by atoms with Crippen LogP contribution in [-0.2, 0) is 13.8 Å². The van der Waals surface area contributed by atoms with Gasteiger partial charge in [0, 0.05) is 13.3 Å². The third-order valence-corrected chi connectivity index (χ3v) is 2.37. The van der Waals surface area contributed by atoms with Gasteiger partial charge in [-0.3, -0.25) is 4.57 Å². The molecule has 0 heterocycles. The van der Waals surface area contributed by atoms with Crippen LogP contribution >= 0.6 is 31.3 Å². The zero-order valence-electron chi connectivity index (χ0n) is 7.57. The fourth-order valence-corrected chi connectivity index (χ4v) is 1.51. The molecule has 0 atom stereocenters. The van der Waals surface area contributed by atoms with Crippen LogP contribution in [0, 0.1) is 5.94 Å². The van der Waals surface area contributed by atoms with Crippen LogP contribution in [0.1, 0.15) is 0 Å². The van der Waals surface area contributed by atoms with Crippen LogP contribution in [0.4, 0.5) is 0 Å². The van der Waals surface area contributed by atoms with Crippen LogP contribution in [0.25, 0.3) is 0 Å². The van der Waals surface area contributed by atoms with E-state index in [1.807, 2.05) is 0 Å². The molecule has 12 heavy (non-hydrogen) atoms. The summed E-state index contributed by atoms with van der Waals surface area (Å²) >= 11 is 5.78. The Morgan fingerprint density at radius 3 is 2.42 bits per heavy atom. The monoisotopic (exact) mass is 298 g/mol. The zero-order valence-corrected chi connectivity index (χ0v) is 15.0. The minimum Gasteiger partial charge on any atom is -0.495 e. The van der Waals surface area contributed by atoms with E-state index in [9.17, 15) is 4.57 Å². The second kappa shape index (κ2) is 8.54. The van der Waals surface area contributed by atoms with Crippen molar-refractivity contribution in [2.75, 3.05) is 20.4 Å². The Bertz CT molecular complexity index is 182. The zero-order chi connectivity index (χ0) is 8.91. The van der Waals surface area contributed by atoms with E-state index in [2.05, 4.69) is 17.0 Å². The maximum atomic E-state index is 10.9. The van der Waals surface area contributed by atoms with Crippen LogP contribution in [0.3, 0.4) is 0 Å². The van der Waals surface area contributed by atoms with Gasteiger partial charge < -0.3 is 9.26 Å². The SMILES string of the molecule is COC(=S)S[CH-]OP(C)(C)=O.[Rb+]. The van der Waals surface area contributed by atoms with E-state index in [4.69, 9.17) is 4.52 Å². The molecule has 0 aliphatic rings. The smallest absolute Gasteiger partial charge is 0.495 e. The van der Waals surface area contributed by atoms with Gasteiger partial charge >= 0.3 is 58.2 Å². The van der Waals surface area contributed by atoms with E-state index in [0.717, 1.165) is 11.8 Å². The first kappa shape index (κ1) is 16.7. The van der Waals surface area contributed by atoms with Gasteiger partial charge in [0.05, 0.1) is 7.11 Å². The molecule has 0 aromatic heterocycles. The van der Waals surface area contributed by atoms with Gasteiger partial charge in [-0.25, -0.2) is 11.8 Å². The van der Waals surface area contributed by atoms with Crippen LogP contribution < -0.4 is 58.2 Å². The first-order chi connectivity index (χ1) is 4.95. The summed E-state index contributed by atoms with van der Waals surface area (Å²) in [5.74, 6) is 1.33. The summed E-state index contributed by atoms with van der Waals surface area (Å²) in [6.45, 7) is 3.06. The molecule has 7 heteroatoms. The third kappa shape index (κ3) is 12.2. The summed E-state index contributed by atoms with van der Waals surface area (Å²) in [5.41, 5.74) is 0. The molecule has 0 aliphatic carbocycles. The predicted octanol–water partition coefficient (Wildman–Crippen LogP) is -0.672. The first-order valence-electron chi connectivity index (χ1n) is 2.75. The Balaban J connectivity index is 0. The van der Waals surface area contributed by atoms with Crippen molar-refractivity contribution < 1.29 is 72.0 Å². The minimum atomic E-state index is -2.42. The minimum absolute atomic E-state index is 0. The predicted molar refractivity (Wildman–Crippen MR) is 52.0 cm³/mol. The number of ether oxygens (including phenoxy) is 1. The van der Waals surface area contributed by atoms with E-state index >= 15 is 0 Å². The summed E-state index contributed by atoms with van der Waals surface area (Å²) < 4.78 is 20.8. The molecule has 0 fully saturated rings. The first-order valence-corrected chi connectivity index (χ1v) is 6.56. The van der Waals surface area contributed by atoms with Gasteiger partial charge in [0.15, 0.2) is 11.8 Å². The van der Waals surface area contributed by atoms with Crippen molar-refractivity contribution >= 4 is 35.7 Å². The summed E-state index contributed by atoms with van der Waals surface area (Å²) in [4.78, 5) is 0. The Morgan fingerprint density at radius 2 is 2.08 bits per heavy atom. The average Bonchev–Trinajstić information content (AvgIpc) is 1.85. The molecule has 0 radical (unpaired) electrons. The molecule has 0 aliphatic heterocycles. The number of thioether (sulfide) groups is 1. The molecule has 0 aromatic carbocycles. The third-order valence-electron chi connectivity index (χ3n) is 0.608. The molecule has 0 aromatic rings. The van der Waals surface area contributed by atoms with Gasteiger partial charge in [-0.2, -0.15) is 0 Å². The number of thiocarbonyl (C=S) groups is 1. The fourth-order valence-electron chi connectivity index (χ4n) is 0.213. The van der Waals surface area contributed by atoms with E-state index in [0.29, 0.717) is 4.38 Å². The van der Waals surface area contributed by atoms with Gasteiger partial charge in [-0.1, -0.05) is 0 Å². The summed E-state index contributed by atoms with van der Waals surface area (Å²) in [7, 11) is -0.951. The average molecular weight is 299 g/mol. The van der Waals surface area contributed by atoms with Crippen LogP contribution in [0.15, 0.2) is 0 Å². The maximum Gasteiger partial charge on any atom is 1.00 e. The van der Waals surface area contributed by atoms with Crippen LogP contribution in [-0.4, -0.2) is 24.8 Å². The maximum absolute atomic E-state index is 10.9. The molecule has 3 nitrogen and oxygen atoms in total. The molecule has 0 bridgehead atoms. The normalized spacial score (nSPS) is 10.2. The van der Waals surface area contributed by atoms with Crippen molar-refractivity contribution in [2.45, 2.75) is 0 Å². The van der Waals surface area contributed by atoms with Crippen molar-refractivity contribution in [3.63, 3.8) is 0 Å². The standard InChI is InChI=1S/C5H10O3PS2.Rb/c1-7-5(10)11-4-8-9(2,3)6;/h4H,1-3H3;/q-1;+1. The molecule has 0 amide bonds. The van der Waals surface area contributed by atoms with Crippen molar-refractivity contribution in [1.29, 1.82) is 0 Å². The van der Waals surface area contributed by atoms with E-state index < -0.39 is 7.37 Å².